The molecule has 1 N–H and O–H groups in total. The highest BCUT2D eigenvalue weighted by Gasteiger charge is 2.44. The zero-order valence-electron chi connectivity index (χ0n) is 13.6. The number of rotatable bonds is 4. The van der Waals surface area contributed by atoms with Gasteiger partial charge in [0.1, 0.15) is 0 Å². The molecule has 0 bridgehead atoms. The van der Waals surface area contributed by atoms with E-state index in [0.29, 0.717) is 18.1 Å². The van der Waals surface area contributed by atoms with Crippen molar-refractivity contribution in [1.29, 1.82) is 0 Å². The van der Waals surface area contributed by atoms with Gasteiger partial charge in [0.15, 0.2) is 0 Å². The number of hydrogen-bond donors (Lipinski definition) is 1. The van der Waals surface area contributed by atoms with E-state index in [1.54, 1.807) is 0 Å². The topological polar surface area (TPSA) is 34.4 Å². The van der Waals surface area contributed by atoms with Gasteiger partial charge >= 0.3 is 0 Å². The van der Waals surface area contributed by atoms with Crippen LogP contribution in [0, 0.1) is 17.8 Å². The Morgan fingerprint density at radius 3 is 2.64 bits per heavy atom. The summed E-state index contributed by atoms with van der Waals surface area (Å²) in [6.07, 6.45) is 1.23. The summed E-state index contributed by atoms with van der Waals surface area (Å²) in [7, 11) is 0. The lowest BCUT2D eigenvalue weighted by Gasteiger charge is -2.31. The molecule has 2 saturated heterocycles. The van der Waals surface area contributed by atoms with Crippen LogP contribution in [0.1, 0.15) is 25.8 Å². The van der Waals surface area contributed by atoms with Crippen molar-refractivity contribution in [3.63, 3.8) is 0 Å². The first-order chi connectivity index (χ1) is 10.7. The van der Waals surface area contributed by atoms with E-state index in [-0.39, 0.29) is 0 Å². The van der Waals surface area contributed by atoms with E-state index in [0.717, 1.165) is 37.8 Å². The standard InChI is InChI=1S/C19H26N2O/c1-15(2)14-17-19(20-17)18(21-10-12-22-13-11-21)9-8-16-6-4-3-5-7-16/h3-7,15,17-20H,10-14H2,1-2H3/t17-,18-,19+/m0/s1. The van der Waals surface area contributed by atoms with Gasteiger partial charge in [0.05, 0.1) is 19.3 Å². The predicted molar refractivity (Wildman–Crippen MR) is 89.7 cm³/mol. The average Bonchev–Trinajstić information content (AvgIpc) is 3.28. The van der Waals surface area contributed by atoms with Gasteiger partial charge in [-0.2, -0.15) is 0 Å². The summed E-state index contributed by atoms with van der Waals surface area (Å²) < 4.78 is 5.49. The molecule has 0 aliphatic carbocycles. The third-order valence-corrected chi connectivity index (χ3v) is 4.37. The van der Waals surface area contributed by atoms with Gasteiger partial charge in [0.2, 0.25) is 0 Å². The number of hydrogen-bond acceptors (Lipinski definition) is 3. The second-order valence-corrected chi connectivity index (χ2v) is 6.66. The second kappa shape index (κ2) is 7.28. The Labute approximate surface area is 134 Å². The molecule has 0 aromatic heterocycles. The Balaban J connectivity index is 1.71. The molecule has 3 atom stereocenters. The molecular weight excluding hydrogens is 272 g/mol. The zero-order valence-corrected chi connectivity index (χ0v) is 13.6. The molecule has 0 spiro atoms. The molecule has 3 nitrogen and oxygen atoms in total. The van der Waals surface area contributed by atoms with Gasteiger partial charge < -0.3 is 10.1 Å². The highest BCUT2D eigenvalue weighted by Crippen LogP contribution is 2.25. The molecule has 2 heterocycles. The summed E-state index contributed by atoms with van der Waals surface area (Å²) in [5.41, 5.74) is 1.10. The van der Waals surface area contributed by atoms with Crippen molar-refractivity contribution in [1.82, 2.24) is 10.2 Å². The third kappa shape index (κ3) is 4.10. The van der Waals surface area contributed by atoms with Crippen LogP contribution in [0.5, 0.6) is 0 Å². The van der Waals surface area contributed by atoms with Gasteiger partial charge in [0, 0.05) is 30.7 Å². The van der Waals surface area contributed by atoms with Crippen LogP contribution in [0.3, 0.4) is 0 Å². The molecule has 2 fully saturated rings. The molecule has 118 valence electrons. The molecule has 22 heavy (non-hydrogen) atoms. The zero-order chi connectivity index (χ0) is 15.4. The van der Waals surface area contributed by atoms with Crippen LogP contribution in [0.4, 0.5) is 0 Å². The summed E-state index contributed by atoms with van der Waals surface area (Å²) in [5.74, 6) is 7.62. The van der Waals surface area contributed by atoms with E-state index in [2.05, 4.69) is 48.0 Å². The van der Waals surface area contributed by atoms with Crippen LogP contribution in [0.15, 0.2) is 30.3 Å². The van der Waals surface area contributed by atoms with Gasteiger partial charge in [-0.25, -0.2) is 0 Å². The lowest BCUT2D eigenvalue weighted by Crippen LogP contribution is -2.46. The lowest BCUT2D eigenvalue weighted by atomic mass is 10.0. The first kappa shape index (κ1) is 15.6. The smallest absolute Gasteiger partial charge is 0.0890 e. The number of nitrogens with zero attached hydrogens (tertiary/aromatic N) is 1. The normalized spacial score (nSPS) is 26.3. The molecule has 0 radical (unpaired) electrons. The molecular formula is C19H26N2O. The van der Waals surface area contributed by atoms with Crippen LogP contribution < -0.4 is 5.32 Å². The largest absolute Gasteiger partial charge is 0.379 e. The van der Waals surface area contributed by atoms with Crippen LogP contribution in [-0.2, 0) is 4.74 Å². The van der Waals surface area contributed by atoms with E-state index in [4.69, 9.17) is 4.74 Å². The van der Waals surface area contributed by atoms with E-state index in [9.17, 15) is 0 Å². The molecule has 2 aliphatic rings. The fourth-order valence-corrected chi connectivity index (χ4v) is 3.17. The van der Waals surface area contributed by atoms with Crippen LogP contribution in [0.25, 0.3) is 0 Å². The van der Waals surface area contributed by atoms with Crippen molar-refractivity contribution in [2.24, 2.45) is 5.92 Å². The van der Waals surface area contributed by atoms with E-state index in [1.807, 2.05) is 18.2 Å². The average molecular weight is 298 g/mol. The fraction of sp³-hybridized carbons (Fsp3) is 0.579. The monoisotopic (exact) mass is 298 g/mol. The van der Waals surface area contributed by atoms with Crippen molar-refractivity contribution in [2.75, 3.05) is 26.3 Å². The Kier molecular flexibility index (Phi) is 5.15. The predicted octanol–water partition coefficient (Wildman–Crippen LogP) is 2.13. The minimum absolute atomic E-state index is 0.299. The van der Waals surface area contributed by atoms with Gasteiger partial charge in [-0.05, 0) is 24.5 Å². The summed E-state index contributed by atoms with van der Waals surface area (Å²) >= 11 is 0. The molecule has 0 saturated carbocycles. The van der Waals surface area contributed by atoms with Crippen molar-refractivity contribution in [2.45, 2.75) is 38.4 Å². The molecule has 0 amide bonds. The minimum Gasteiger partial charge on any atom is -0.379 e. The lowest BCUT2D eigenvalue weighted by molar-refractivity contribution is 0.0267. The third-order valence-electron chi connectivity index (χ3n) is 4.37. The van der Waals surface area contributed by atoms with Crippen molar-refractivity contribution < 1.29 is 4.74 Å². The van der Waals surface area contributed by atoms with E-state index in [1.165, 1.54) is 6.42 Å². The van der Waals surface area contributed by atoms with Gasteiger partial charge in [-0.3, -0.25) is 4.90 Å². The van der Waals surface area contributed by atoms with Crippen molar-refractivity contribution in [3.05, 3.63) is 35.9 Å². The summed E-state index contributed by atoms with van der Waals surface area (Å²) in [4.78, 5) is 2.48. The quantitative estimate of drug-likeness (QED) is 0.683. The first-order valence-electron chi connectivity index (χ1n) is 8.38. The van der Waals surface area contributed by atoms with Gasteiger partial charge in [-0.1, -0.05) is 43.9 Å². The number of morpholine rings is 1. The SMILES string of the molecule is CC(C)C[C@@H]1N[C@H]1[C@H](C#Cc1ccccc1)N1CCOCC1. The van der Waals surface area contributed by atoms with E-state index < -0.39 is 0 Å². The van der Waals surface area contributed by atoms with Crippen molar-refractivity contribution in [3.8, 4) is 11.8 Å². The molecule has 1 aromatic carbocycles. The molecule has 2 aliphatic heterocycles. The number of ether oxygens (including phenoxy) is 1. The molecule has 0 unspecified atom stereocenters. The summed E-state index contributed by atoms with van der Waals surface area (Å²) in [6, 6.07) is 11.7. The summed E-state index contributed by atoms with van der Waals surface area (Å²) in [6.45, 7) is 8.20. The Hall–Kier alpha value is -1.34. The Bertz CT molecular complexity index is 525. The highest BCUT2D eigenvalue weighted by molar-refractivity contribution is 5.36. The Morgan fingerprint density at radius 2 is 1.95 bits per heavy atom. The second-order valence-electron chi connectivity index (χ2n) is 6.66. The van der Waals surface area contributed by atoms with Crippen LogP contribution in [0.2, 0.25) is 0 Å². The highest BCUT2D eigenvalue weighted by atomic mass is 16.5. The van der Waals surface area contributed by atoms with E-state index >= 15 is 0 Å². The Morgan fingerprint density at radius 1 is 1.23 bits per heavy atom. The maximum absolute atomic E-state index is 5.49. The summed E-state index contributed by atoms with van der Waals surface area (Å²) in [5, 5.41) is 3.65. The van der Waals surface area contributed by atoms with Crippen LogP contribution >= 0.6 is 0 Å². The first-order valence-corrected chi connectivity index (χ1v) is 8.38. The fourth-order valence-electron chi connectivity index (χ4n) is 3.17. The van der Waals surface area contributed by atoms with Crippen molar-refractivity contribution >= 4 is 0 Å². The molecule has 3 rings (SSSR count). The number of nitrogens with one attached hydrogen (secondary N) is 1. The van der Waals surface area contributed by atoms with Gasteiger partial charge in [-0.15, -0.1) is 0 Å². The maximum atomic E-state index is 5.49. The minimum atomic E-state index is 0.299. The van der Waals surface area contributed by atoms with Crippen LogP contribution in [-0.4, -0.2) is 49.3 Å². The molecule has 3 heteroatoms. The maximum Gasteiger partial charge on any atom is 0.0890 e. The molecule has 1 aromatic rings. The number of benzene rings is 1. The van der Waals surface area contributed by atoms with Gasteiger partial charge in [0.25, 0.3) is 0 Å².